The maximum absolute atomic E-state index is 13.0. The summed E-state index contributed by atoms with van der Waals surface area (Å²) < 4.78 is 39.1. The highest BCUT2D eigenvalue weighted by Crippen LogP contribution is 2.39. The van der Waals surface area contributed by atoms with Crippen LogP contribution in [0.3, 0.4) is 0 Å². The van der Waals surface area contributed by atoms with Gasteiger partial charge >= 0.3 is 12.1 Å². The van der Waals surface area contributed by atoms with Gasteiger partial charge in [-0.2, -0.15) is 18.4 Å². The molecule has 1 aliphatic heterocycles. The molecule has 1 unspecified atom stereocenters. The van der Waals surface area contributed by atoms with Crippen LogP contribution >= 0.6 is 0 Å². The first-order chi connectivity index (χ1) is 9.74. The molecule has 1 saturated heterocycles. The SMILES string of the molecule is N#Cc1ccc(N2CC(C(=O)O)CC2=O)c(C(F)(F)F)c1. The summed E-state index contributed by atoms with van der Waals surface area (Å²) >= 11 is 0. The molecule has 1 heterocycles. The van der Waals surface area contributed by atoms with Crippen molar-refractivity contribution in [3.8, 4) is 6.07 Å². The zero-order valence-corrected chi connectivity index (χ0v) is 10.5. The van der Waals surface area contributed by atoms with Crippen LogP contribution in [0.5, 0.6) is 0 Å². The van der Waals surface area contributed by atoms with Crippen molar-refractivity contribution >= 4 is 17.6 Å². The van der Waals surface area contributed by atoms with Crippen molar-refractivity contribution in [2.24, 2.45) is 5.92 Å². The summed E-state index contributed by atoms with van der Waals surface area (Å²) in [4.78, 5) is 23.4. The van der Waals surface area contributed by atoms with Crippen LogP contribution in [-0.2, 0) is 15.8 Å². The number of aliphatic carboxylic acids is 1. The zero-order valence-electron chi connectivity index (χ0n) is 10.5. The summed E-state index contributed by atoms with van der Waals surface area (Å²) in [7, 11) is 0. The number of benzene rings is 1. The van der Waals surface area contributed by atoms with E-state index in [4.69, 9.17) is 10.4 Å². The molecule has 0 radical (unpaired) electrons. The third-order valence-electron chi connectivity index (χ3n) is 3.20. The molecule has 1 aromatic carbocycles. The van der Waals surface area contributed by atoms with Gasteiger partial charge in [0.05, 0.1) is 28.8 Å². The second-order valence-electron chi connectivity index (χ2n) is 4.59. The lowest BCUT2D eigenvalue weighted by atomic mass is 10.1. The number of rotatable bonds is 2. The number of carboxylic acid groups (broad SMARTS) is 1. The summed E-state index contributed by atoms with van der Waals surface area (Å²) in [6.45, 7) is -0.316. The maximum atomic E-state index is 13.0. The van der Waals surface area contributed by atoms with Gasteiger partial charge in [0.15, 0.2) is 0 Å². The van der Waals surface area contributed by atoms with E-state index in [1.807, 2.05) is 0 Å². The molecule has 1 atom stereocenters. The number of hydrogen-bond acceptors (Lipinski definition) is 3. The third-order valence-corrected chi connectivity index (χ3v) is 3.20. The Bertz CT molecular complexity index is 649. The van der Waals surface area contributed by atoms with Crippen LogP contribution < -0.4 is 4.90 Å². The molecular weight excluding hydrogens is 289 g/mol. The van der Waals surface area contributed by atoms with Gasteiger partial charge in [-0.1, -0.05) is 0 Å². The van der Waals surface area contributed by atoms with E-state index in [2.05, 4.69) is 0 Å². The minimum absolute atomic E-state index is 0.187. The first-order valence-corrected chi connectivity index (χ1v) is 5.88. The van der Waals surface area contributed by atoms with Gasteiger partial charge in [-0.05, 0) is 18.2 Å². The molecule has 1 aromatic rings. The van der Waals surface area contributed by atoms with Crippen molar-refractivity contribution in [3.63, 3.8) is 0 Å². The fourth-order valence-electron chi connectivity index (χ4n) is 2.17. The molecule has 2 rings (SSSR count). The topological polar surface area (TPSA) is 81.4 Å². The van der Waals surface area contributed by atoms with Crippen molar-refractivity contribution in [2.45, 2.75) is 12.6 Å². The van der Waals surface area contributed by atoms with E-state index in [1.165, 1.54) is 0 Å². The van der Waals surface area contributed by atoms with Gasteiger partial charge in [0.2, 0.25) is 5.91 Å². The number of carboxylic acids is 1. The monoisotopic (exact) mass is 298 g/mol. The molecule has 0 aromatic heterocycles. The lowest BCUT2D eigenvalue weighted by molar-refractivity contribution is -0.141. The van der Waals surface area contributed by atoms with E-state index < -0.39 is 35.2 Å². The number of hydrogen-bond donors (Lipinski definition) is 1. The normalized spacial score (nSPS) is 18.7. The second kappa shape index (κ2) is 5.09. The Kier molecular flexibility index (Phi) is 3.60. The summed E-state index contributed by atoms with van der Waals surface area (Å²) in [5.41, 5.74) is -1.73. The number of alkyl halides is 3. The molecule has 1 N–H and O–H groups in total. The summed E-state index contributed by atoms with van der Waals surface area (Å²) in [6, 6.07) is 4.42. The molecule has 1 fully saturated rings. The fraction of sp³-hybridized carbons (Fsp3) is 0.308. The van der Waals surface area contributed by atoms with Gasteiger partial charge in [0.1, 0.15) is 0 Å². The highest BCUT2D eigenvalue weighted by molar-refractivity contribution is 5.99. The molecule has 5 nitrogen and oxygen atoms in total. The predicted octanol–water partition coefficient (Wildman–Crippen LogP) is 2.01. The maximum Gasteiger partial charge on any atom is 0.418 e. The van der Waals surface area contributed by atoms with Crippen LogP contribution in [0.4, 0.5) is 18.9 Å². The van der Waals surface area contributed by atoms with Crippen LogP contribution in [-0.4, -0.2) is 23.5 Å². The lowest BCUT2D eigenvalue weighted by Crippen LogP contribution is -2.28. The lowest BCUT2D eigenvalue weighted by Gasteiger charge is -2.21. The van der Waals surface area contributed by atoms with Gasteiger partial charge in [0.25, 0.3) is 0 Å². The molecule has 0 spiro atoms. The summed E-state index contributed by atoms with van der Waals surface area (Å²) in [5, 5.41) is 17.5. The van der Waals surface area contributed by atoms with E-state index in [0.29, 0.717) is 6.07 Å². The van der Waals surface area contributed by atoms with Gasteiger partial charge < -0.3 is 10.0 Å². The van der Waals surface area contributed by atoms with Crippen molar-refractivity contribution in [3.05, 3.63) is 29.3 Å². The van der Waals surface area contributed by atoms with Crippen molar-refractivity contribution < 1.29 is 27.9 Å². The van der Waals surface area contributed by atoms with E-state index >= 15 is 0 Å². The minimum atomic E-state index is -4.75. The Morgan fingerprint density at radius 1 is 1.43 bits per heavy atom. The molecule has 110 valence electrons. The first kappa shape index (κ1) is 14.8. The Balaban J connectivity index is 2.47. The van der Waals surface area contributed by atoms with E-state index in [9.17, 15) is 22.8 Å². The number of nitrogens with zero attached hydrogens (tertiary/aromatic N) is 2. The third kappa shape index (κ3) is 2.81. The van der Waals surface area contributed by atoms with Crippen molar-refractivity contribution in [1.29, 1.82) is 5.26 Å². The number of halogens is 3. The second-order valence-corrected chi connectivity index (χ2v) is 4.59. The Hall–Kier alpha value is -2.56. The Morgan fingerprint density at radius 3 is 2.57 bits per heavy atom. The van der Waals surface area contributed by atoms with Crippen LogP contribution in [0.15, 0.2) is 18.2 Å². The smallest absolute Gasteiger partial charge is 0.418 e. The number of anilines is 1. The molecule has 1 amide bonds. The fourth-order valence-corrected chi connectivity index (χ4v) is 2.17. The summed E-state index contributed by atoms with van der Waals surface area (Å²) in [5.74, 6) is -2.94. The van der Waals surface area contributed by atoms with Crippen molar-refractivity contribution in [1.82, 2.24) is 0 Å². The Labute approximate surface area is 117 Å². The predicted molar refractivity (Wildman–Crippen MR) is 64.3 cm³/mol. The average Bonchev–Trinajstić information content (AvgIpc) is 2.79. The van der Waals surface area contributed by atoms with Crippen LogP contribution in [0, 0.1) is 17.2 Å². The summed E-state index contributed by atoms with van der Waals surface area (Å²) in [6.07, 6.45) is -5.09. The molecule has 21 heavy (non-hydrogen) atoms. The minimum Gasteiger partial charge on any atom is -0.481 e. The van der Waals surface area contributed by atoms with E-state index in [-0.39, 0.29) is 18.5 Å². The van der Waals surface area contributed by atoms with Crippen LogP contribution in [0.25, 0.3) is 0 Å². The molecule has 0 aliphatic carbocycles. The molecule has 8 heteroatoms. The van der Waals surface area contributed by atoms with Gasteiger partial charge in [-0.25, -0.2) is 0 Å². The first-order valence-electron chi connectivity index (χ1n) is 5.88. The standard InChI is InChI=1S/C13H9F3N2O3/c14-13(15,16)9-3-7(5-17)1-2-10(9)18-6-8(12(20)21)4-11(18)19/h1-3,8H,4,6H2,(H,20,21). The highest BCUT2D eigenvalue weighted by Gasteiger charge is 2.41. The molecule has 1 aliphatic rings. The zero-order chi connectivity index (χ0) is 15.8. The average molecular weight is 298 g/mol. The van der Waals surface area contributed by atoms with Gasteiger partial charge in [0, 0.05) is 13.0 Å². The largest absolute Gasteiger partial charge is 0.481 e. The highest BCUT2D eigenvalue weighted by atomic mass is 19.4. The molecule has 0 saturated carbocycles. The van der Waals surface area contributed by atoms with Crippen molar-refractivity contribution in [2.75, 3.05) is 11.4 Å². The molecule has 0 bridgehead atoms. The van der Waals surface area contributed by atoms with Gasteiger partial charge in [-0.15, -0.1) is 0 Å². The number of carbonyl (C=O) groups is 2. The number of amides is 1. The molecular formula is C13H9F3N2O3. The number of nitriles is 1. The van der Waals surface area contributed by atoms with Gasteiger partial charge in [-0.3, -0.25) is 9.59 Å². The number of carbonyl (C=O) groups excluding carboxylic acids is 1. The quantitative estimate of drug-likeness (QED) is 0.905. The Morgan fingerprint density at radius 2 is 2.10 bits per heavy atom. The van der Waals surface area contributed by atoms with Crippen LogP contribution in [0.1, 0.15) is 17.5 Å². The van der Waals surface area contributed by atoms with E-state index in [0.717, 1.165) is 17.0 Å². The van der Waals surface area contributed by atoms with E-state index in [1.54, 1.807) is 6.07 Å². The van der Waals surface area contributed by atoms with Crippen LogP contribution in [0.2, 0.25) is 0 Å².